The van der Waals surface area contributed by atoms with Gasteiger partial charge in [0.1, 0.15) is 17.2 Å². The first-order valence-electron chi connectivity index (χ1n) is 5.46. The molecule has 0 spiro atoms. The molecule has 1 atom stereocenters. The normalized spacial score (nSPS) is 14.2. The van der Waals surface area contributed by atoms with E-state index in [2.05, 4.69) is 15.9 Å². The molecule has 0 aromatic heterocycles. The first-order valence-corrected chi connectivity index (χ1v) is 6.63. The quantitative estimate of drug-likeness (QED) is 0.839. The zero-order valence-electron chi connectivity index (χ0n) is 9.92. The standard InChI is InChI=1S/C14H10BrClF2O/c1-14(19,10-4-2-8(15)6-12(10)16)11-5-3-9(17)7-13(11)18/h2-7,19H,1H3. The molecule has 2 aromatic carbocycles. The van der Waals surface area contributed by atoms with Crippen molar-refractivity contribution in [1.82, 2.24) is 0 Å². The number of hydrogen-bond donors (Lipinski definition) is 1. The molecule has 100 valence electrons. The van der Waals surface area contributed by atoms with Crippen LogP contribution >= 0.6 is 27.5 Å². The van der Waals surface area contributed by atoms with Crippen LogP contribution in [0.5, 0.6) is 0 Å². The molecule has 19 heavy (non-hydrogen) atoms. The van der Waals surface area contributed by atoms with E-state index in [1.807, 2.05) is 0 Å². The van der Waals surface area contributed by atoms with E-state index in [9.17, 15) is 13.9 Å². The summed E-state index contributed by atoms with van der Waals surface area (Å²) in [6.07, 6.45) is 0. The number of benzene rings is 2. The first kappa shape index (κ1) is 14.4. The largest absolute Gasteiger partial charge is 0.381 e. The lowest BCUT2D eigenvalue weighted by molar-refractivity contribution is 0.0979. The van der Waals surface area contributed by atoms with E-state index in [0.29, 0.717) is 10.6 Å². The van der Waals surface area contributed by atoms with Crippen LogP contribution in [0.1, 0.15) is 18.1 Å². The lowest BCUT2D eigenvalue weighted by Crippen LogP contribution is -2.24. The highest BCUT2D eigenvalue weighted by Crippen LogP contribution is 2.36. The summed E-state index contributed by atoms with van der Waals surface area (Å²) in [7, 11) is 0. The highest BCUT2D eigenvalue weighted by atomic mass is 79.9. The van der Waals surface area contributed by atoms with Gasteiger partial charge in [0.25, 0.3) is 0 Å². The predicted octanol–water partition coefficient (Wildman–Crippen LogP) is 4.64. The molecule has 0 fully saturated rings. The van der Waals surface area contributed by atoms with Gasteiger partial charge in [-0.2, -0.15) is 0 Å². The Labute approximate surface area is 123 Å². The van der Waals surface area contributed by atoms with Gasteiger partial charge in [-0.3, -0.25) is 0 Å². The minimum atomic E-state index is -1.64. The van der Waals surface area contributed by atoms with Crippen molar-refractivity contribution in [3.63, 3.8) is 0 Å². The Bertz CT molecular complexity index is 575. The summed E-state index contributed by atoms with van der Waals surface area (Å²) in [6.45, 7) is 1.42. The van der Waals surface area contributed by atoms with Crippen molar-refractivity contribution in [1.29, 1.82) is 0 Å². The average molecular weight is 348 g/mol. The summed E-state index contributed by atoms with van der Waals surface area (Å²) >= 11 is 9.31. The van der Waals surface area contributed by atoms with Gasteiger partial charge in [-0.05, 0) is 31.2 Å². The van der Waals surface area contributed by atoms with Crippen LogP contribution in [-0.2, 0) is 5.60 Å². The Kier molecular flexibility index (Phi) is 3.95. The van der Waals surface area contributed by atoms with E-state index in [1.54, 1.807) is 18.2 Å². The highest BCUT2D eigenvalue weighted by molar-refractivity contribution is 9.10. The molecular formula is C14H10BrClF2O. The van der Waals surface area contributed by atoms with Gasteiger partial charge in [-0.15, -0.1) is 0 Å². The monoisotopic (exact) mass is 346 g/mol. The maximum atomic E-state index is 13.8. The summed E-state index contributed by atoms with van der Waals surface area (Å²) in [6, 6.07) is 7.93. The lowest BCUT2D eigenvalue weighted by atomic mass is 9.88. The van der Waals surface area contributed by atoms with Gasteiger partial charge in [-0.25, -0.2) is 8.78 Å². The molecule has 0 bridgehead atoms. The summed E-state index contributed by atoms with van der Waals surface area (Å²) < 4.78 is 27.5. The lowest BCUT2D eigenvalue weighted by Gasteiger charge is -2.26. The fraction of sp³-hybridized carbons (Fsp3) is 0.143. The summed E-state index contributed by atoms with van der Waals surface area (Å²) in [5, 5.41) is 10.8. The molecule has 2 rings (SSSR count). The van der Waals surface area contributed by atoms with Crippen molar-refractivity contribution in [3.8, 4) is 0 Å². The second-order valence-corrected chi connectivity index (χ2v) is 5.64. The molecule has 1 N–H and O–H groups in total. The first-order chi connectivity index (χ1) is 8.82. The molecule has 0 radical (unpaired) electrons. The second-order valence-electron chi connectivity index (χ2n) is 4.32. The Balaban J connectivity index is 2.58. The molecule has 0 aliphatic carbocycles. The number of rotatable bonds is 2. The third-order valence-corrected chi connectivity index (χ3v) is 3.72. The summed E-state index contributed by atoms with van der Waals surface area (Å²) in [5.41, 5.74) is -1.32. The van der Waals surface area contributed by atoms with E-state index < -0.39 is 17.2 Å². The third-order valence-electron chi connectivity index (χ3n) is 2.91. The zero-order valence-corrected chi connectivity index (χ0v) is 12.3. The van der Waals surface area contributed by atoms with Crippen LogP contribution in [0.2, 0.25) is 5.02 Å². The predicted molar refractivity (Wildman–Crippen MR) is 74.2 cm³/mol. The molecule has 0 aliphatic heterocycles. The van der Waals surface area contributed by atoms with E-state index in [0.717, 1.165) is 16.6 Å². The van der Waals surface area contributed by atoms with Crippen LogP contribution in [0, 0.1) is 11.6 Å². The zero-order chi connectivity index (χ0) is 14.2. The van der Waals surface area contributed by atoms with Crippen LogP contribution in [0.15, 0.2) is 40.9 Å². The van der Waals surface area contributed by atoms with Crippen LogP contribution < -0.4 is 0 Å². The Morgan fingerprint density at radius 2 is 1.74 bits per heavy atom. The van der Waals surface area contributed by atoms with Crippen molar-refractivity contribution in [3.05, 3.63) is 68.7 Å². The van der Waals surface area contributed by atoms with Crippen molar-refractivity contribution in [2.24, 2.45) is 0 Å². The summed E-state index contributed by atoms with van der Waals surface area (Å²) in [5.74, 6) is -1.51. The van der Waals surface area contributed by atoms with Crippen molar-refractivity contribution < 1.29 is 13.9 Å². The Morgan fingerprint density at radius 3 is 2.32 bits per heavy atom. The number of halogens is 4. The average Bonchev–Trinajstić information content (AvgIpc) is 2.27. The molecule has 1 unspecified atom stereocenters. The minimum absolute atomic E-state index is 0.0295. The molecule has 0 amide bonds. The van der Waals surface area contributed by atoms with Crippen LogP contribution in [-0.4, -0.2) is 5.11 Å². The van der Waals surface area contributed by atoms with E-state index >= 15 is 0 Å². The van der Waals surface area contributed by atoms with E-state index in [1.165, 1.54) is 13.0 Å². The Hall–Kier alpha value is -0.970. The SMILES string of the molecule is CC(O)(c1ccc(F)cc1F)c1ccc(Br)cc1Cl. The van der Waals surface area contributed by atoms with Crippen LogP contribution in [0.25, 0.3) is 0 Å². The van der Waals surface area contributed by atoms with Gasteiger partial charge in [0.05, 0.1) is 0 Å². The van der Waals surface area contributed by atoms with Gasteiger partial charge in [-0.1, -0.05) is 33.6 Å². The van der Waals surface area contributed by atoms with Crippen molar-refractivity contribution in [2.75, 3.05) is 0 Å². The molecule has 0 aliphatic rings. The molecule has 0 saturated heterocycles. The second kappa shape index (κ2) is 5.19. The fourth-order valence-corrected chi connectivity index (χ4v) is 2.77. The molecule has 5 heteroatoms. The van der Waals surface area contributed by atoms with Gasteiger partial charge in [0.2, 0.25) is 0 Å². The molecular weight excluding hydrogens is 338 g/mol. The van der Waals surface area contributed by atoms with E-state index in [4.69, 9.17) is 11.6 Å². The third kappa shape index (κ3) is 2.81. The molecule has 0 saturated carbocycles. The Morgan fingerprint density at radius 1 is 1.11 bits per heavy atom. The maximum Gasteiger partial charge on any atom is 0.132 e. The molecule has 1 nitrogen and oxygen atoms in total. The van der Waals surface area contributed by atoms with E-state index in [-0.39, 0.29) is 5.56 Å². The van der Waals surface area contributed by atoms with Gasteiger partial charge in [0.15, 0.2) is 0 Å². The molecule has 2 aromatic rings. The topological polar surface area (TPSA) is 20.2 Å². The number of aliphatic hydroxyl groups is 1. The smallest absolute Gasteiger partial charge is 0.132 e. The van der Waals surface area contributed by atoms with Crippen LogP contribution in [0.3, 0.4) is 0 Å². The van der Waals surface area contributed by atoms with Gasteiger partial charge in [0, 0.05) is 26.7 Å². The van der Waals surface area contributed by atoms with Gasteiger partial charge >= 0.3 is 0 Å². The maximum absolute atomic E-state index is 13.8. The number of hydrogen-bond acceptors (Lipinski definition) is 1. The summed E-state index contributed by atoms with van der Waals surface area (Å²) in [4.78, 5) is 0. The minimum Gasteiger partial charge on any atom is -0.381 e. The van der Waals surface area contributed by atoms with Crippen LogP contribution in [0.4, 0.5) is 8.78 Å². The van der Waals surface area contributed by atoms with Gasteiger partial charge < -0.3 is 5.11 Å². The highest BCUT2D eigenvalue weighted by Gasteiger charge is 2.31. The van der Waals surface area contributed by atoms with Crippen molar-refractivity contribution >= 4 is 27.5 Å². The molecule has 0 heterocycles. The fourth-order valence-electron chi connectivity index (χ4n) is 1.91. The van der Waals surface area contributed by atoms with Crippen molar-refractivity contribution in [2.45, 2.75) is 12.5 Å².